The second kappa shape index (κ2) is 4.74. The lowest BCUT2D eigenvalue weighted by atomic mass is 9.87. The largest absolute Gasteiger partial charge is 0.336 e. The van der Waals surface area contributed by atoms with Crippen LogP contribution < -0.4 is 5.73 Å². The van der Waals surface area contributed by atoms with E-state index in [2.05, 4.69) is 11.8 Å². The summed E-state index contributed by atoms with van der Waals surface area (Å²) >= 11 is 0. The van der Waals surface area contributed by atoms with E-state index in [4.69, 9.17) is 5.73 Å². The van der Waals surface area contributed by atoms with Crippen LogP contribution in [0.3, 0.4) is 0 Å². The molecule has 0 spiro atoms. The van der Waals surface area contributed by atoms with Gasteiger partial charge in [-0.3, -0.25) is 4.79 Å². The normalized spacial score (nSPS) is 32.0. The lowest BCUT2D eigenvalue weighted by molar-refractivity contribution is -0.140. The topological polar surface area (TPSA) is 46.3 Å². The van der Waals surface area contributed by atoms with Crippen LogP contribution in [0.5, 0.6) is 0 Å². The molecule has 1 heterocycles. The molecular formula is C13H24N2O. The van der Waals surface area contributed by atoms with Gasteiger partial charge in [-0.25, -0.2) is 0 Å². The highest BCUT2D eigenvalue weighted by molar-refractivity contribution is 5.80. The molecule has 0 bridgehead atoms. The number of nitrogens with zero attached hydrogens (tertiary/aromatic N) is 1. The van der Waals surface area contributed by atoms with E-state index in [0.29, 0.717) is 12.5 Å². The maximum absolute atomic E-state index is 12.4. The first kappa shape index (κ1) is 11.9. The van der Waals surface area contributed by atoms with Gasteiger partial charge in [-0.1, -0.05) is 19.3 Å². The van der Waals surface area contributed by atoms with E-state index in [1.165, 1.54) is 19.3 Å². The summed E-state index contributed by atoms with van der Waals surface area (Å²) in [6.07, 6.45) is 8.13. The van der Waals surface area contributed by atoms with Gasteiger partial charge in [0.15, 0.2) is 0 Å². The van der Waals surface area contributed by atoms with Gasteiger partial charge in [0.1, 0.15) is 0 Å². The van der Waals surface area contributed by atoms with Gasteiger partial charge in [0, 0.05) is 19.0 Å². The number of likely N-dealkylation sites (tertiary alicyclic amines) is 1. The van der Waals surface area contributed by atoms with E-state index < -0.39 is 0 Å². The number of amides is 1. The molecule has 1 saturated carbocycles. The summed E-state index contributed by atoms with van der Waals surface area (Å²) in [6, 6.07) is 0. The van der Waals surface area contributed by atoms with Crippen LogP contribution in [0, 0.1) is 5.92 Å². The summed E-state index contributed by atoms with van der Waals surface area (Å²) < 4.78 is 0. The van der Waals surface area contributed by atoms with Gasteiger partial charge in [0.05, 0.1) is 5.54 Å². The van der Waals surface area contributed by atoms with Crippen LogP contribution in [-0.2, 0) is 4.79 Å². The van der Waals surface area contributed by atoms with E-state index in [1.807, 2.05) is 0 Å². The molecule has 3 nitrogen and oxygen atoms in total. The number of carbonyl (C=O) groups excluding carboxylic acids is 1. The molecule has 16 heavy (non-hydrogen) atoms. The molecule has 2 rings (SSSR count). The van der Waals surface area contributed by atoms with Crippen LogP contribution in [0.25, 0.3) is 0 Å². The zero-order valence-electron chi connectivity index (χ0n) is 10.4. The summed E-state index contributed by atoms with van der Waals surface area (Å²) in [7, 11) is 0. The van der Waals surface area contributed by atoms with Gasteiger partial charge in [-0.15, -0.1) is 0 Å². The minimum absolute atomic E-state index is 0.0610. The standard InChI is InChI=1S/C13H24N2O/c1-13(10-14)8-5-9-15(13)12(16)11-6-3-2-4-7-11/h11H,2-10,14H2,1H3. The quantitative estimate of drug-likeness (QED) is 0.778. The molecule has 3 heteroatoms. The van der Waals surface area contributed by atoms with Gasteiger partial charge < -0.3 is 10.6 Å². The molecule has 2 fully saturated rings. The molecule has 0 aromatic rings. The first-order valence-corrected chi connectivity index (χ1v) is 6.69. The van der Waals surface area contributed by atoms with Crippen molar-refractivity contribution in [2.24, 2.45) is 11.7 Å². The van der Waals surface area contributed by atoms with Gasteiger partial charge in [0.2, 0.25) is 5.91 Å². The first-order chi connectivity index (χ1) is 7.67. The predicted molar refractivity (Wildman–Crippen MR) is 65.0 cm³/mol. The molecule has 1 unspecified atom stereocenters. The fourth-order valence-corrected chi connectivity index (χ4v) is 3.18. The Kier molecular flexibility index (Phi) is 3.53. The van der Waals surface area contributed by atoms with Crippen molar-refractivity contribution < 1.29 is 4.79 Å². The molecule has 1 saturated heterocycles. The molecule has 2 N–H and O–H groups in total. The SMILES string of the molecule is CC1(CN)CCCN1C(=O)C1CCCCC1. The van der Waals surface area contributed by atoms with Crippen molar-refractivity contribution >= 4 is 5.91 Å². The van der Waals surface area contributed by atoms with Crippen LogP contribution in [-0.4, -0.2) is 29.4 Å². The average molecular weight is 224 g/mol. The summed E-state index contributed by atoms with van der Waals surface area (Å²) in [6.45, 7) is 3.66. The minimum atomic E-state index is -0.0610. The Hall–Kier alpha value is -0.570. The second-order valence-corrected chi connectivity index (χ2v) is 5.63. The van der Waals surface area contributed by atoms with Crippen molar-refractivity contribution in [3.63, 3.8) is 0 Å². The van der Waals surface area contributed by atoms with Gasteiger partial charge in [-0.2, -0.15) is 0 Å². The van der Waals surface area contributed by atoms with Crippen molar-refractivity contribution in [1.29, 1.82) is 0 Å². The highest BCUT2D eigenvalue weighted by atomic mass is 16.2. The number of nitrogens with two attached hydrogens (primary N) is 1. The molecule has 0 radical (unpaired) electrons. The van der Waals surface area contributed by atoms with E-state index >= 15 is 0 Å². The molecule has 1 amide bonds. The van der Waals surface area contributed by atoms with Crippen molar-refractivity contribution in [1.82, 2.24) is 4.90 Å². The fraction of sp³-hybridized carbons (Fsp3) is 0.923. The Labute approximate surface area is 98.4 Å². The second-order valence-electron chi connectivity index (χ2n) is 5.63. The number of carbonyl (C=O) groups is 1. The number of hydrogen-bond donors (Lipinski definition) is 1. The number of hydrogen-bond acceptors (Lipinski definition) is 2. The Morgan fingerprint density at radius 3 is 2.62 bits per heavy atom. The summed E-state index contributed by atoms with van der Waals surface area (Å²) in [5.74, 6) is 0.669. The van der Waals surface area contributed by atoms with Crippen LogP contribution in [0.4, 0.5) is 0 Å². The third kappa shape index (κ3) is 2.10. The first-order valence-electron chi connectivity index (χ1n) is 6.69. The maximum atomic E-state index is 12.4. The minimum Gasteiger partial charge on any atom is -0.336 e. The molecule has 0 aromatic heterocycles. The molecule has 1 aliphatic carbocycles. The molecule has 1 aliphatic heterocycles. The van der Waals surface area contributed by atoms with E-state index in [9.17, 15) is 4.79 Å². The van der Waals surface area contributed by atoms with Crippen LogP contribution >= 0.6 is 0 Å². The van der Waals surface area contributed by atoms with Crippen LogP contribution in [0.15, 0.2) is 0 Å². The summed E-state index contributed by atoms with van der Waals surface area (Å²) in [4.78, 5) is 14.5. The number of rotatable bonds is 2. The average Bonchev–Trinajstić information content (AvgIpc) is 2.72. The Morgan fingerprint density at radius 1 is 1.31 bits per heavy atom. The molecule has 2 aliphatic rings. The van der Waals surface area contributed by atoms with E-state index in [0.717, 1.165) is 32.2 Å². The predicted octanol–water partition coefficient (Wildman–Crippen LogP) is 1.91. The van der Waals surface area contributed by atoms with Crippen LogP contribution in [0.2, 0.25) is 0 Å². The van der Waals surface area contributed by atoms with Crippen molar-refractivity contribution in [3.05, 3.63) is 0 Å². The van der Waals surface area contributed by atoms with E-state index in [1.54, 1.807) is 0 Å². The zero-order valence-corrected chi connectivity index (χ0v) is 10.4. The Morgan fingerprint density at radius 2 is 2.00 bits per heavy atom. The smallest absolute Gasteiger partial charge is 0.226 e. The molecule has 1 atom stereocenters. The molecule has 0 aromatic carbocycles. The lowest BCUT2D eigenvalue weighted by Crippen LogP contribution is -2.52. The Bertz CT molecular complexity index is 261. The molecule has 92 valence electrons. The van der Waals surface area contributed by atoms with Gasteiger partial charge >= 0.3 is 0 Å². The fourth-order valence-electron chi connectivity index (χ4n) is 3.18. The van der Waals surface area contributed by atoms with Crippen molar-refractivity contribution in [2.75, 3.05) is 13.1 Å². The van der Waals surface area contributed by atoms with Gasteiger partial charge in [-0.05, 0) is 32.6 Å². The monoisotopic (exact) mass is 224 g/mol. The third-order valence-corrected chi connectivity index (χ3v) is 4.41. The van der Waals surface area contributed by atoms with E-state index in [-0.39, 0.29) is 11.5 Å². The maximum Gasteiger partial charge on any atom is 0.226 e. The van der Waals surface area contributed by atoms with Crippen LogP contribution in [0.1, 0.15) is 51.9 Å². The highest BCUT2D eigenvalue weighted by Crippen LogP contribution is 2.33. The highest BCUT2D eigenvalue weighted by Gasteiger charge is 2.40. The summed E-state index contributed by atoms with van der Waals surface area (Å²) in [5.41, 5.74) is 5.77. The summed E-state index contributed by atoms with van der Waals surface area (Å²) in [5, 5.41) is 0. The lowest BCUT2D eigenvalue weighted by Gasteiger charge is -2.37. The Balaban J connectivity index is 2.03. The third-order valence-electron chi connectivity index (χ3n) is 4.41. The van der Waals surface area contributed by atoms with Gasteiger partial charge in [0.25, 0.3) is 0 Å². The van der Waals surface area contributed by atoms with Crippen molar-refractivity contribution in [2.45, 2.75) is 57.4 Å². The van der Waals surface area contributed by atoms with Crippen molar-refractivity contribution in [3.8, 4) is 0 Å². The zero-order chi connectivity index (χ0) is 11.6. The molecular weight excluding hydrogens is 200 g/mol.